The van der Waals surface area contributed by atoms with Gasteiger partial charge in [-0.1, -0.05) is 30.3 Å². The van der Waals surface area contributed by atoms with Crippen molar-refractivity contribution in [2.75, 3.05) is 23.9 Å². The van der Waals surface area contributed by atoms with Crippen LogP contribution in [-0.2, 0) is 22.6 Å². The molecule has 2 aromatic carbocycles. The van der Waals surface area contributed by atoms with E-state index >= 15 is 0 Å². The summed E-state index contributed by atoms with van der Waals surface area (Å²) in [4.78, 5) is 43.4. The van der Waals surface area contributed by atoms with Crippen LogP contribution in [0.1, 0.15) is 28.5 Å². The molecule has 0 radical (unpaired) electrons. The van der Waals surface area contributed by atoms with Crippen LogP contribution in [0.3, 0.4) is 0 Å². The van der Waals surface area contributed by atoms with Crippen molar-refractivity contribution in [1.82, 2.24) is 9.55 Å². The summed E-state index contributed by atoms with van der Waals surface area (Å²) in [5, 5.41) is 2.75. The van der Waals surface area contributed by atoms with Gasteiger partial charge in [0, 0.05) is 31.0 Å². The lowest BCUT2D eigenvalue weighted by Gasteiger charge is -2.22. The summed E-state index contributed by atoms with van der Waals surface area (Å²) in [6, 6.07) is 17.6. The third kappa shape index (κ3) is 5.81. The fourth-order valence-electron chi connectivity index (χ4n) is 3.22. The summed E-state index contributed by atoms with van der Waals surface area (Å²) in [7, 11) is 1.83. The fourth-order valence-corrected chi connectivity index (χ4v) is 3.22. The number of hydrogen-bond donors (Lipinski definition) is 1. The normalized spacial score (nSPS) is 10.5. The number of nitrogens with one attached hydrogen (secondary N) is 1. The van der Waals surface area contributed by atoms with Gasteiger partial charge in [-0.2, -0.15) is 0 Å². The first kappa shape index (κ1) is 22.7. The number of rotatable bonds is 8. The number of aryl methyl sites for hydroxylation is 1. The third-order valence-electron chi connectivity index (χ3n) is 4.70. The van der Waals surface area contributed by atoms with E-state index in [2.05, 4.69) is 10.3 Å². The van der Waals surface area contributed by atoms with Crippen LogP contribution in [0, 0.1) is 6.92 Å². The standard InChI is InChI=1S/C24H26N4O4/c1-4-32-23(31)19-10-12-20(13-11-19)26-21(29)16-28-22(30)14-17(2)25-24(28)27(3)15-18-8-6-5-7-9-18/h5-14H,4,15-16H2,1-3H3,(H,26,29). The number of nitrogens with zero attached hydrogens (tertiary/aromatic N) is 3. The molecule has 3 rings (SSSR count). The van der Waals surface area contributed by atoms with Gasteiger partial charge in [-0.05, 0) is 43.7 Å². The van der Waals surface area contributed by atoms with Gasteiger partial charge < -0.3 is 15.0 Å². The number of benzene rings is 2. The Kier molecular flexibility index (Phi) is 7.38. The minimum Gasteiger partial charge on any atom is -0.462 e. The Labute approximate surface area is 186 Å². The zero-order valence-corrected chi connectivity index (χ0v) is 18.4. The Morgan fingerprint density at radius 3 is 2.44 bits per heavy atom. The number of hydrogen-bond acceptors (Lipinski definition) is 6. The molecule has 1 N–H and O–H groups in total. The number of anilines is 2. The monoisotopic (exact) mass is 434 g/mol. The van der Waals surface area contributed by atoms with Crippen LogP contribution < -0.4 is 15.8 Å². The minimum absolute atomic E-state index is 0.194. The molecule has 0 saturated heterocycles. The smallest absolute Gasteiger partial charge is 0.338 e. The molecule has 0 aliphatic heterocycles. The van der Waals surface area contributed by atoms with Crippen molar-refractivity contribution >= 4 is 23.5 Å². The maximum Gasteiger partial charge on any atom is 0.338 e. The second kappa shape index (κ2) is 10.4. The van der Waals surface area contributed by atoms with Crippen molar-refractivity contribution in [3.05, 3.63) is 87.8 Å². The molecule has 1 amide bonds. The second-order valence-electron chi connectivity index (χ2n) is 7.31. The summed E-state index contributed by atoms with van der Waals surface area (Å²) >= 11 is 0. The molecule has 0 aliphatic carbocycles. The molecule has 1 heterocycles. The molecule has 32 heavy (non-hydrogen) atoms. The first-order valence-corrected chi connectivity index (χ1v) is 10.3. The Bertz CT molecular complexity index is 1140. The van der Waals surface area contributed by atoms with Gasteiger partial charge in [0.05, 0.1) is 12.2 Å². The van der Waals surface area contributed by atoms with Gasteiger partial charge in [0.1, 0.15) is 6.54 Å². The van der Waals surface area contributed by atoms with Gasteiger partial charge in [-0.15, -0.1) is 0 Å². The average Bonchev–Trinajstić information content (AvgIpc) is 2.76. The van der Waals surface area contributed by atoms with Gasteiger partial charge in [-0.25, -0.2) is 9.78 Å². The van der Waals surface area contributed by atoms with Crippen LogP contribution >= 0.6 is 0 Å². The van der Waals surface area contributed by atoms with Gasteiger partial charge >= 0.3 is 5.97 Å². The van der Waals surface area contributed by atoms with Gasteiger partial charge in [0.2, 0.25) is 11.9 Å². The van der Waals surface area contributed by atoms with Crippen molar-refractivity contribution in [2.24, 2.45) is 0 Å². The molecule has 3 aromatic rings. The summed E-state index contributed by atoms with van der Waals surface area (Å²) in [5.74, 6) is -0.392. The summed E-state index contributed by atoms with van der Waals surface area (Å²) in [6.45, 7) is 4.11. The first-order chi connectivity index (χ1) is 15.4. The zero-order chi connectivity index (χ0) is 23.1. The van der Waals surface area contributed by atoms with E-state index in [4.69, 9.17) is 4.74 Å². The summed E-state index contributed by atoms with van der Waals surface area (Å²) in [6.07, 6.45) is 0. The molecule has 166 valence electrons. The molecular formula is C24H26N4O4. The van der Waals surface area contributed by atoms with Crippen LogP contribution in [0.2, 0.25) is 0 Å². The molecule has 0 unspecified atom stereocenters. The lowest BCUT2D eigenvalue weighted by molar-refractivity contribution is -0.116. The number of amides is 1. The molecule has 0 aliphatic rings. The maximum atomic E-state index is 12.7. The highest BCUT2D eigenvalue weighted by molar-refractivity contribution is 5.93. The predicted molar refractivity (Wildman–Crippen MR) is 123 cm³/mol. The van der Waals surface area contributed by atoms with Crippen LogP contribution in [-0.4, -0.2) is 35.1 Å². The number of carbonyl (C=O) groups is 2. The highest BCUT2D eigenvalue weighted by atomic mass is 16.5. The van der Waals surface area contributed by atoms with E-state index in [9.17, 15) is 14.4 Å². The number of ether oxygens (including phenoxy) is 1. The Hall–Kier alpha value is -3.94. The van der Waals surface area contributed by atoms with Crippen LogP contribution in [0.25, 0.3) is 0 Å². The van der Waals surface area contributed by atoms with E-state index in [1.165, 1.54) is 10.6 Å². The van der Waals surface area contributed by atoms with Crippen molar-refractivity contribution in [2.45, 2.75) is 26.9 Å². The van der Waals surface area contributed by atoms with E-state index in [1.54, 1.807) is 38.1 Å². The Balaban J connectivity index is 1.75. The zero-order valence-electron chi connectivity index (χ0n) is 18.4. The van der Waals surface area contributed by atoms with Crippen molar-refractivity contribution in [3.8, 4) is 0 Å². The van der Waals surface area contributed by atoms with Crippen LogP contribution in [0.4, 0.5) is 11.6 Å². The molecule has 0 fully saturated rings. The van der Waals surface area contributed by atoms with E-state index in [0.717, 1.165) is 5.56 Å². The van der Waals surface area contributed by atoms with E-state index < -0.39 is 5.97 Å². The molecule has 8 heteroatoms. The number of carbonyl (C=O) groups excluding carboxylic acids is 2. The lowest BCUT2D eigenvalue weighted by Crippen LogP contribution is -2.34. The first-order valence-electron chi connectivity index (χ1n) is 10.3. The average molecular weight is 434 g/mol. The van der Waals surface area contributed by atoms with E-state index in [1.807, 2.05) is 42.3 Å². The molecule has 0 bridgehead atoms. The minimum atomic E-state index is -0.422. The Morgan fingerprint density at radius 1 is 1.09 bits per heavy atom. The second-order valence-corrected chi connectivity index (χ2v) is 7.31. The number of esters is 1. The van der Waals surface area contributed by atoms with E-state index in [0.29, 0.717) is 29.4 Å². The summed E-state index contributed by atoms with van der Waals surface area (Å²) in [5.41, 5.74) is 2.24. The highest BCUT2D eigenvalue weighted by Crippen LogP contribution is 2.14. The SMILES string of the molecule is CCOC(=O)c1ccc(NC(=O)Cn2c(N(C)Cc3ccccc3)nc(C)cc2=O)cc1. The van der Waals surface area contributed by atoms with Gasteiger partial charge in [0.25, 0.3) is 5.56 Å². The maximum absolute atomic E-state index is 12.7. The molecule has 0 spiro atoms. The van der Waals surface area contributed by atoms with Crippen LogP contribution in [0.15, 0.2) is 65.5 Å². The largest absolute Gasteiger partial charge is 0.462 e. The van der Waals surface area contributed by atoms with Gasteiger partial charge in [0.15, 0.2) is 0 Å². The van der Waals surface area contributed by atoms with Gasteiger partial charge in [-0.3, -0.25) is 14.2 Å². The molecule has 8 nitrogen and oxygen atoms in total. The van der Waals surface area contributed by atoms with Crippen molar-refractivity contribution in [1.29, 1.82) is 0 Å². The third-order valence-corrected chi connectivity index (χ3v) is 4.70. The number of aromatic nitrogens is 2. The molecule has 0 saturated carbocycles. The molecular weight excluding hydrogens is 408 g/mol. The quantitative estimate of drug-likeness (QED) is 0.548. The Morgan fingerprint density at radius 2 is 1.78 bits per heavy atom. The summed E-state index contributed by atoms with van der Waals surface area (Å²) < 4.78 is 6.30. The molecule has 1 aromatic heterocycles. The van der Waals surface area contributed by atoms with Crippen LogP contribution in [0.5, 0.6) is 0 Å². The topological polar surface area (TPSA) is 93.5 Å². The molecule has 0 atom stereocenters. The lowest BCUT2D eigenvalue weighted by atomic mass is 10.2. The highest BCUT2D eigenvalue weighted by Gasteiger charge is 2.16. The van der Waals surface area contributed by atoms with Crippen molar-refractivity contribution in [3.63, 3.8) is 0 Å². The van der Waals surface area contributed by atoms with Crippen molar-refractivity contribution < 1.29 is 14.3 Å². The fraction of sp³-hybridized carbons (Fsp3) is 0.250. The predicted octanol–water partition coefficient (Wildman–Crippen LogP) is 3.00. The van der Waals surface area contributed by atoms with E-state index in [-0.39, 0.29) is 24.6 Å².